The van der Waals surface area contributed by atoms with Gasteiger partial charge in [-0.05, 0) is 53.4 Å². The van der Waals surface area contributed by atoms with Crippen LogP contribution in [0.2, 0.25) is 0 Å². The van der Waals surface area contributed by atoms with E-state index in [0.717, 1.165) is 34.6 Å². The second-order valence-corrected chi connectivity index (χ2v) is 7.23. The van der Waals surface area contributed by atoms with Crippen LogP contribution in [-0.2, 0) is 19.1 Å². The molecule has 0 unspecified atom stereocenters. The van der Waals surface area contributed by atoms with E-state index in [9.17, 15) is 9.59 Å². The SMILES string of the molecule is C=CC(=O)O/C=C\Oc1ccc(-c2ccc(-c3ccc(O/C=C\OC(=O)C(=C)C)cc3)cc2)cc1. The number of hydrogen-bond donors (Lipinski definition) is 0. The first-order valence-corrected chi connectivity index (χ1v) is 10.6. The second kappa shape index (κ2) is 12.4. The molecular formula is C29H24O6. The van der Waals surface area contributed by atoms with Gasteiger partial charge >= 0.3 is 11.9 Å². The van der Waals surface area contributed by atoms with Crippen molar-refractivity contribution in [1.82, 2.24) is 0 Å². The van der Waals surface area contributed by atoms with E-state index < -0.39 is 11.9 Å². The third-order valence-corrected chi connectivity index (χ3v) is 4.65. The molecule has 0 saturated carbocycles. The van der Waals surface area contributed by atoms with Crippen molar-refractivity contribution in [2.75, 3.05) is 0 Å². The number of carbonyl (C=O) groups is 2. The van der Waals surface area contributed by atoms with Gasteiger partial charge in [0.05, 0.1) is 0 Å². The third-order valence-electron chi connectivity index (χ3n) is 4.65. The van der Waals surface area contributed by atoms with E-state index in [1.807, 2.05) is 72.8 Å². The maximum Gasteiger partial charge on any atom is 0.338 e. The predicted molar refractivity (Wildman–Crippen MR) is 134 cm³/mol. The van der Waals surface area contributed by atoms with Crippen LogP contribution in [0.15, 0.2) is 123 Å². The van der Waals surface area contributed by atoms with E-state index in [1.165, 1.54) is 18.8 Å². The van der Waals surface area contributed by atoms with Crippen LogP contribution in [0.25, 0.3) is 22.3 Å². The lowest BCUT2D eigenvalue weighted by Crippen LogP contribution is -1.99. The topological polar surface area (TPSA) is 71.1 Å². The molecule has 0 bridgehead atoms. The van der Waals surface area contributed by atoms with Crippen molar-refractivity contribution in [2.45, 2.75) is 6.92 Å². The monoisotopic (exact) mass is 468 g/mol. The van der Waals surface area contributed by atoms with Gasteiger partial charge < -0.3 is 18.9 Å². The van der Waals surface area contributed by atoms with E-state index >= 15 is 0 Å². The Morgan fingerprint density at radius 3 is 1.37 bits per heavy atom. The number of benzene rings is 3. The lowest BCUT2D eigenvalue weighted by atomic mass is 10.0. The number of rotatable bonds is 10. The molecule has 6 heteroatoms. The lowest BCUT2D eigenvalue weighted by molar-refractivity contribution is -0.134. The Morgan fingerprint density at radius 1 is 0.629 bits per heavy atom. The van der Waals surface area contributed by atoms with Gasteiger partial charge in [-0.1, -0.05) is 61.7 Å². The molecule has 0 N–H and O–H groups in total. The Morgan fingerprint density at radius 2 is 1.00 bits per heavy atom. The fraction of sp³-hybridized carbons (Fsp3) is 0.0345. The molecule has 176 valence electrons. The normalized spacial score (nSPS) is 10.7. The highest BCUT2D eigenvalue weighted by molar-refractivity contribution is 5.87. The fourth-order valence-corrected chi connectivity index (χ4v) is 2.85. The van der Waals surface area contributed by atoms with Crippen molar-refractivity contribution in [3.05, 3.63) is 123 Å². The standard InChI is InChI=1S/C29H24O6/c1-4-28(30)34-19-17-32-26-13-9-24(10-14-26)22-5-7-23(8-6-22)25-11-15-27(16-12-25)33-18-20-35-29(31)21(2)3/h4-20H,1-2H2,3H3/b19-17-,20-18-. The van der Waals surface area contributed by atoms with Crippen molar-refractivity contribution in [2.24, 2.45) is 0 Å². The van der Waals surface area contributed by atoms with Crippen LogP contribution in [0.1, 0.15) is 6.92 Å². The number of ether oxygens (including phenoxy) is 4. The molecular weight excluding hydrogens is 444 g/mol. The molecule has 0 aromatic heterocycles. The minimum absolute atomic E-state index is 0.314. The van der Waals surface area contributed by atoms with Crippen molar-refractivity contribution in [3.63, 3.8) is 0 Å². The van der Waals surface area contributed by atoms with Crippen molar-refractivity contribution in [1.29, 1.82) is 0 Å². The summed E-state index contributed by atoms with van der Waals surface area (Å²) in [4.78, 5) is 22.3. The number of hydrogen-bond acceptors (Lipinski definition) is 6. The molecule has 3 rings (SSSR count). The van der Waals surface area contributed by atoms with Crippen molar-refractivity contribution in [3.8, 4) is 33.8 Å². The molecule has 3 aromatic carbocycles. The predicted octanol–water partition coefficient (Wildman–Crippen LogP) is 6.57. The van der Waals surface area contributed by atoms with Gasteiger partial charge in [-0.25, -0.2) is 9.59 Å². The van der Waals surface area contributed by atoms with Gasteiger partial charge in [-0.2, -0.15) is 0 Å². The Balaban J connectivity index is 1.56. The molecule has 6 nitrogen and oxygen atoms in total. The highest BCUT2D eigenvalue weighted by Crippen LogP contribution is 2.27. The Hall–Kier alpha value is -4.84. The maximum atomic E-state index is 11.3. The van der Waals surface area contributed by atoms with Crippen LogP contribution < -0.4 is 9.47 Å². The average Bonchev–Trinajstić information content (AvgIpc) is 2.89. The van der Waals surface area contributed by atoms with Crippen LogP contribution in [0.5, 0.6) is 11.5 Å². The van der Waals surface area contributed by atoms with Gasteiger partial charge in [0, 0.05) is 11.6 Å². The van der Waals surface area contributed by atoms with Crippen molar-refractivity contribution >= 4 is 11.9 Å². The third kappa shape index (κ3) is 7.61. The Bertz CT molecular complexity index is 1230. The molecule has 0 spiro atoms. The van der Waals surface area contributed by atoms with Gasteiger partial charge in [-0.15, -0.1) is 0 Å². The molecule has 0 atom stereocenters. The molecule has 0 saturated heterocycles. The van der Waals surface area contributed by atoms with Gasteiger partial charge in [-0.3, -0.25) is 0 Å². The van der Waals surface area contributed by atoms with E-state index in [-0.39, 0.29) is 0 Å². The molecule has 35 heavy (non-hydrogen) atoms. The molecule has 0 heterocycles. The van der Waals surface area contributed by atoms with E-state index in [1.54, 1.807) is 6.92 Å². The summed E-state index contributed by atoms with van der Waals surface area (Å²) in [6.07, 6.45) is 6.00. The quantitative estimate of drug-likeness (QED) is 0.190. The van der Waals surface area contributed by atoms with E-state index in [2.05, 4.69) is 13.2 Å². The van der Waals surface area contributed by atoms with Crippen LogP contribution in [0.3, 0.4) is 0 Å². The number of carbonyl (C=O) groups excluding carboxylic acids is 2. The molecule has 0 fully saturated rings. The minimum atomic E-state index is -0.552. The second-order valence-electron chi connectivity index (χ2n) is 7.23. The molecule has 0 amide bonds. The summed E-state index contributed by atoms with van der Waals surface area (Å²) in [7, 11) is 0. The van der Waals surface area contributed by atoms with E-state index in [4.69, 9.17) is 18.9 Å². The van der Waals surface area contributed by atoms with Gasteiger partial charge in [0.1, 0.15) is 36.5 Å². The molecule has 0 aliphatic carbocycles. The molecule has 0 aliphatic rings. The first kappa shape index (κ1) is 24.8. The zero-order chi connectivity index (χ0) is 25.0. The van der Waals surface area contributed by atoms with Gasteiger partial charge in [0.25, 0.3) is 0 Å². The summed E-state index contributed by atoms with van der Waals surface area (Å²) in [5.74, 6) is 0.170. The van der Waals surface area contributed by atoms with Crippen molar-refractivity contribution < 1.29 is 28.5 Å². The highest BCUT2D eigenvalue weighted by Gasteiger charge is 2.03. The molecule has 3 aromatic rings. The largest absolute Gasteiger partial charge is 0.462 e. The van der Waals surface area contributed by atoms with Gasteiger partial charge in [0.15, 0.2) is 0 Å². The molecule has 0 aliphatic heterocycles. The summed E-state index contributed by atoms with van der Waals surface area (Å²) in [5, 5.41) is 0. The van der Waals surface area contributed by atoms with E-state index in [0.29, 0.717) is 17.1 Å². The first-order valence-electron chi connectivity index (χ1n) is 10.6. The average molecular weight is 469 g/mol. The van der Waals surface area contributed by atoms with Crippen LogP contribution in [-0.4, -0.2) is 11.9 Å². The first-order chi connectivity index (χ1) is 17.0. The summed E-state index contributed by atoms with van der Waals surface area (Å²) < 4.78 is 20.4. The Labute approximate surface area is 204 Å². The zero-order valence-corrected chi connectivity index (χ0v) is 19.2. The van der Waals surface area contributed by atoms with Crippen LogP contribution >= 0.6 is 0 Å². The minimum Gasteiger partial charge on any atom is -0.462 e. The zero-order valence-electron chi connectivity index (χ0n) is 19.2. The summed E-state index contributed by atoms with van der Waals surface area (Å²) in [5.41, 5.74) is 4.51. The van der Waals surface area contributed by atoms with Gasteiger partial charge in [0.2, 0.25) is 0 Å². The number of esters is 2. The summed E-state index contributed by atoms with van der Waals surface area (Å²) >= 11 is 0. The molecule has 0 radical (unpaired) electrons. The fourth-order valence-electron chi connectivity index (χ4n) is 2.85. The summed E-state index contributed by atoms with van der Waals surface area (Å²) in [6, 6.07) is 23.3. The Kier molecular flexibility index (Phi) is 8.79. The maximum absolute atomic E-state index is 11.3. The highest BCUT2D eigenvalue weighted by atomic mass is 16.5. The lowest BCUT2D eigenvalue weighted by Gasteiger charge is -2.07. The smallest absolute Gasteiger partial charge is 0.338 e. The van der Waals surface area contributed by atoms with Crippen LogP contribution in [0.4, 0.5) is 0 Å². The van der Waals surface area contributed by atoms with Crippen LogP contribution in [0, 0.1) is 0 Å². The summed E-state index contributed by atoms with van der Waals surface area (Å²) in [6.45, 7) is 8.39.